The van der Waals surface area contributed by atoms with Crippen LogP contribution in [0.4, 0.5) is 0 Å². The zero-order valence-electron chi connectivity index (χ0n) is 4.94. The van der Waals surface area contributed by atoms with Crippen LogP contribution in [-0.2, 0) is 6.61 Å². The predicted molar refractivity (Wildman–Crippen MR) is 35.0 cm³/mol. The van der Waals surface area contributed by atoms with Gasteiger partial charge in [-0.05, 0) is 11.5 Å². The van der Waals surface area contributed by atoms with Gasteiger partial charge in [0.1, 0.15) is 0 Å². The standard InChI is InChI=1S/C5H5NO3S/c7-1-3-2-10-6-4(3)5(8)9/h2,7H,1H2,(H,8,9). The van der Waals surface area contributed by atoms with Gasteiger partial charge in [0.05, 0.1) is 6.61 Å². The van der Waals surface area contributed by atoms with Gasteiger partial charge < -0.3 is 10.2 Å². The maximum absolute atomic E-state index is 10.3. The van der Waals surface area contributed by atoms with Gasteiger partial charge in [0.15, 0.2) is 5.69 Å². The van der Waals surface area contributed by atoms with Gasteiger partial charge in [-0.25, -0.2) is 4.79 Å². The van der Waals surface area contributed by atoms with Gasteiger partial charge in [-0.3, -0.25) is 0 Å². The molecule has 0 bridgehead atoms. The van der Waals surface area contributed by atoms with E-state index in [2.05, 4.69) is 4.37 Å². The van der Waals surface area contributed by atoms with Crippen LogP contribution in [0, 0.1) is 0 Å². The Morgan fingerprint density at radius 3 is 2.90 bits per heavy atom. The minimum Gasteiger partial charge on any atom is -0.476 e. The van der Waals surface area contributed by atoms with Crippen molar-refractivity contribution in [2.24, 2.45) is 0 Å². The topological polar surface area (TPSA) is 70.4 Å². The van der Waals surface area contributed by atoms with Crippen molar-refractivity contribution >= 4 is 17.5 Å². The van der Waals surface area contributed by atoms with Crippen LogP contribution in [0.25, 0.3) is 0 Å². The number of hydrogen-bond donors (Lipinski definition) is 2. The van der Waals surface area contributed by atoms with E-state index in [1.807, 2.05) is 0 Å². The van der Waals surface area contributed by atoms with Gasteiger partial charge >= 0.3 is 5.97 Å². The molecule has 0 amide bonds. The Morgan fingerprint density at radius 2 is 2.50 bits per heavy atom. The average molecular weight is 159 g/mol. The molecular weight excluding hydrogens is 154 g/mol. The van der Waals surface area contributed by atoms with E-state index in [1.54, 1.807) is 0 Å². The smallest absolute Gasteiger partial charge is 0.355 e. The second-order valence-corrected chi connectivity index (χ2v) is 2.28. The summed E-state index contributed by atoms with van der Waals surface area (Å²) in [6, 6.07) is 0. The number of nitrogens with zero attached hydrogens (tertiary/aromatic N) is 1. The molecule has 0 aliphatic carbocycles. The zero-order chi connectivity index (χ0) is 7.56. The Kier molecular flexibility index (Phi) is 1.98. The molecule has 0 aliphatic rings. The molecule has 0 saturated heterocycles. The Balaban J connectivity index is 3.01. The van der Waals surface area contributed by atoms with Crippen LogP contribution < -0.4 is 0 Å². The summed E-state index contributed by atoms with van der Waals surface area (Å²) in [6.07, 6.45) is 0. The Morgan fingerprint density at radius 1 is 1.80 bits per heavy atom. The summed E-state index contributed by atoms with van der Waals surface area (Å²) >= 11 is 1.03. The van der Waals surface area contributed by atoms with E-state index < -0.39 is 5.97 Å². The predicted octanol–water partition coefficient (Wildman–Crippen LogP) is 0.334. The lowest BCUT2D eigenvalue weighted by molar-refractivity contribution is 0.0688. The summed E-state index contributed by atoms with van der Waals surface area (Å²) < 4.78 is 3.57. The highest BCUT2D eigenvalue weighted by Gasteiger charge is 2.11. The van der Waals surface area contributed by atoms with Gasteiger partial charge in [0, 0.05) is 10.9 Å². The number of aromatic nitrogens is 1. The van der Waals surface area contributed by atoms with Gasteiger partial charge in [-0.1, -0.05) is 0 Å². The fourth-order valence-corrected chi connectivity index (χ4v) is 1.21. The summed E-state index contributed by atoms with van der Waals surface area (Å²) in [4.78, 5) is 10.3. The lowest BCUT2D eigenvalue weighted by atomic mass is 10.3. The Hall–Kier alpha value is -0.940. The van der Waals surface area contributed by atoms with Crippen LogP contribution in [0.5, 0.6) is 0 Å². The Labute approximate surface area is 60.9 Å². The maximum Gasteiger partial charge on any atom is 0.355 e. The van der Waals surface area contributed by atoms with Crippen molar-refractivity contribution in [1.82, 2.24) is 4.37 Å². The van der Waals surface area contributed by atoms with E-state index in [0.29, 0.717) is 5.56 Å². The molecule has 0 fully saturated rings. The molecule has 10 heavy (non-hydrogen) atoms. The van der Waals surface area contributed by atoms with Crippen molar-refractivity contribution in [3.05, 3.63) is 16.6 Å². The van der Waals surface area contributed by atoms with Crippen molar-refractivity contribution in [1.29, 1.82) is 0 Å². The number of rotatable bonds is 2. The molecule has 1 rings (SSSR count). The van der Waals surface area contributed by atoms with Crippen molar-refractivity contribution in [2.75, 3.05) is 0 Å². The number of hydrogen-bond acceptors (Lipinski definition) is 4. The minimum absolute atomic E-state index is 0.0486. The van der Waals surface area contributed by atoms with Gasteiger partial charge in [-0.2, -0.15) is 4.37 Å². The van der Waals surface area contributed by atoms with Crippen LogP contribution in [-0.4, -0.2) is 20.6 Å². The first-order chi connectivity index (χ1) is 4.75. The summed E-state index contributed by atoms with van der Waals surface area (Å²) in [5.41, 5.74) is 0.324. The van der Waals surface area contributed by atoms with Crippen molar-refractivity contribution in [3.8, 4) is 0 Å². The molecule has 0 aliphatic heterocycles. The number of aromatic carboxylic acids is 1. The molecule has 0 saturated carbocycles. The van der Waals surface area contributed by atoms with E-state index in [4.69, 9.17) is 10.2 Å². The molecule has 0 atom stereocenters. The maximum atomic E-state index is 10.3. The molecule has 1 heterocycles. The number of aliphatic hydroxyl groups excluding tert-OH is 1. The van der Waals surface area contributed by atoms with E-state index in [1.165, 1.54) is 5.38 Å². The van der Waals surface area contributed by atoms with E-state index in [0.717, 1.165) is 11.5 Å². The first-order valence-corrected chi connectivity index (χ1v) is 3.36. The highest BCUT2D eigenvalue weighted by molar-refractivity contribution is 7.03. The highest BCUT2D eigenvalue weighted by Crippen LogP contribution is 2.09. The second kappa shape index (κ2) is 2.76. The van der Waals surface area contributed by atoms with E-state index in [-0.39, 0.29) is 12.3 Å². The lowest BCUT2D eigenvalue weighted by Crippen LogP contribution is -2.00. The van der Waals surface area contributed by atoms with Crippen molar-refractivity contribution < 1.29 is 15.0 Å². The lowest BCUT2D eigenvalue weighted by Gasteiger charge is -1.89. The van der Waals surface area contributed by atoms with Crippen LogP contribution >= 0.6 is 11.5 Å². The third-order valence-corrected chi connectivity index (χ3v) is 1.69. The van der Waals surface area contributed by atoms with Crippen LogP contribution in [0.2, 0.25) is 0 Å². The van der Waals surface area contributed by atoms with Gasteiger partial charge in [-0.15, -0.1) is 0 Å². The Bertz CT molecular complexity index is 245. The first-order valence-electron chi connectivity index (χ1n) is 2.53. The second-order valence-electron chi connectivity index (χ2n) is 1.65. The van der Waals surface area contributed by atoms with E-state index in [9.17, 15) is 4.79 Å². The number of aliphatic hydroxyl groups is 1. The molecule has 54 valence electrons. The van der Waals surface area contributed by atoms with Gasteiger partial charge in [0.25, 0.3) is 0 Å². The quantitative estimate of drug-likeness (QED) is 0.652. The molecule has 1 aromatic heterocycles. The number of carboxylic acid groups (broad SMARTS) is 1. The van der Waals surface area contributed by atoms with E-state index >= 15 is 0 Å². The molecule has 0 aromatic carbocycles. The van der Waals surface area contributed by atoms with Crippen LogP contribution in [0.3, 0.4) is 0 Å². The normalized spacial score (nSPS) is 9.70. The molecule has 5 heteroatoms. The number of carbonyl (C=O) groups is 1. The zero-order valence-corrected chi connectivity index (χ0v) is 5.76. The highest BCUT2D eigenvalue weighted by atomic mass is 32.1. The summed E-state index contributed by atoms with van der Waals surface area (Å²) in [5, 5.41) is 18.5. The molecule has 0 unspecified atom stereocenters. The first kappa shape index (κ1) is 7.17. The van der Waals surface area contributed by atoms with Crippen molar-refractivity contribution in [3.63, 3.8) is 0 Å². The minimum atomic E-state index is -1.09. The number of carboxylic acids is 1. The SMILES string of the molecule is O=C(O)c1nscc1CO. The third-order valence-electron chi connectivity index (χ3n) is 1.02. The largest absolute Gasteiger partial charge is 0.476 e. The fourth-order valence-electron chi connectivity index (χ4n) is 0.546. The third kappa shape index (κ3) is 1.14. The van der Waals surface area contributed by atoms with Gasteiger partial charge in [0.2, 0.25) is 0 Å². The summed E-state index contributed by atoms with van der Waals surface area (Å²) in [5.74, 6) is -1.09. The van der Waals surface area contributed by atoms with Crippen molar-refractivity contribution in [2.45, 2.75) is 6.61 Å². The van der Waals surface area contributed by atoms with Crippen LogP contribution in [0.15, 0.2) is 5.38 Å². The summed E-state index contributed by atoms with van der Waals surface area (Å²) in [7, 11) is 0. The average Bonchev–Trinajstić information content (AvgIpc) is 2.33. The van der Waals surface area contributed by atoms with Crippen LogP contribution in [0.1, 0.15) is 16.1 Å². The fraction of sp³-hybridized carbons (Fsp3) is 0.200. The molecule has 0 spiro atoms. The monoisotopic (exact) mass is 159 g/mol. The molecule has 2 N–H and O–H groups in total. The molecule has 0 radical (unpaired) electrons. The molecular formula is C5H5NO3S. The molecule has 4 nitrogen and oxygen atoms in total. The molecule has 1 aromatic rings. The summed E-state index contributed by atoms with van der Waals surface area (Å²) in [6.45, 7) is -0.266.